The van der Waals surface area contributed by atoms with Gasteiger partial charge in [-0.15, -0.1) is 0 Å². The van der Waals surface area contributed by atoms with Gasteiger partial charge in [0.05, 0.1) is 12.0 Å². The largest absolute Gasteiger partial charge is 0.497 e. The number of rotatable bonds is 4. The maximum absolute atomic E-state index is 12.3. The predicted molar refractivity (Wildman–Crippen MR) is 76.0 cm³/mol. The maximum Gasteiger partial charge on any atom is 0.193 e. The van der Waals surface area contributed by atoms with E-state index in [1.54, 1.807) is 24.3 Å². The van der Waals surface area contributed by atoms with Gasteiger partial charge in [-0.2, -0.15) is 0 Å². The smallest absolute Gasteiger partial charge is 0.193 e. The first kappa shape index (κ1) is 14.3. The van der Waals surface area contributed by atoms with Gasteiger partial charge < -0.3 is 4.74 Å². The molecule has 104 valence electrons. The summed E-state index contributed by atoms with van der Waals surface area (Å²) in [6.07, 6.45) is 1.13. The number of carbonyl (C=O) groups is 1. The van der Waals surface area contributed by atoms with Crippen molar-refractivity contribution < 1.29 is 17.9 Å². The Hall–Kier alpha value is -2.14. The molecule has 0 fully saturated rings. The van der Waals surface area contributed by atoms with Crippen LogP contribution in [0.25, 0.3) is 0 Å². The number of carbonyl (C=O) groups excluding carboxylic acids is 1. The van der Waals surface area contributed by atoms with E-state index in [9.17, 15) is 13.2 Å². The van der Waals surface area contributed by atoms with E-state index in [4.69, 9.17) is 4.74 Å². The van der Waals surface area contributed by atoms with Crippen LogP contribution in [0.1, 0.15) is 15.9 Å². The van der Waals surface area contributed by atoms with E-state index in [0.29, 0.717) is 16.9 Å². The molecule has 0 aromatic heterocycles. The Morgan fingerprint density at radius 2 is 1.65 bits per heavy atom. The third-order valence-electron chi connectivity index (χ3n) is 2.88. The second kappa shape index (κ2) is 5.46. The molecular weight excluding hydrogens is 276 g/mol. The van der Waals surface area contributed by atoms with Crippen LogP contribution in [0.3, 0.4) is 0 Å². The summed E-state index contributed by atoms with van der Waals surface area (Å²) in [5.41, 5.74) is 0.933. The predicted octanol–water partition coefficient (Wildman–Crippen LogP) is 2.33. The molecule has 0 aliphatic heterocycles. The lowest BCUT2D eigenvalue weighted by molar-refractivity contribution is 0.103. The first-order chi connectivity index (χ1) is 9.41. The molecule has 0 N–H and O–H groups in total. The van der Waals surface area contributed by atoms with Gasteiger partial charge in [-0.05, 0) is 36.4 Å². The molecule has 0 bridgehead atoms. The molecule has 5 heteroatoms. The average molecular weight is 290 g/mol. The number of sulfone groups is 1. The molecule has 0 atom stereocenters. The van der Waals surface area contributed by atoms with Crippen LogP contribution in [0, 0.1) is 0 Å². The number of hydrogen-bond acceptors (Lipinski definition) is 4. The molecule has 2 aromatic rings. The molecule has 20 heavy (non-hydrogen) atoms. The van der Waals surface area contributed by atoms with Gasteiger partial charge in [0, 0.05) is 17.4 Å². The second-order valence-corrected chi connectivity index (χ2v) is 6.37. The van der Waals surface area contributed by atoms with Gasteiger partial charge in [0.2, 0.25) is 0 Å². The minimum atomic E-state index is -3.25. The van der Waals surface area contributed by atoms with Crippen LogP contribution in [0.4, 0.5) is 0 Å². The van der Waals surface area contributed by atoms with Crippen LogP contribution in [-0.4, -0.2) is 27.6 Å². The van der Waals surface area contributed by atoms with Crippen LogP contribution < -0.4 is 4.74 Å². The van der Waals surface area contributed by atoms with Crippen molar-refractivity contribution in [3.63, 3.8) is 0 Å². The van der Waals surface area contributed by atoms with E-state index < -0.39 is 9.84 Å². The highest BCUT2D eigenvalue weighted by atomic mass is 32.2. The van der Waals surface area contributed by atoms with Gasteiger partial charge in [0.1, 0.15) is 5.75 Å². The summed E-state index contributed by atoms with van der Waals surface area (Å²) < 4.78 is 27.8. The van der Waals surface area contributed by atoms with Gasteiger partial charge in [-0.3, -0.25) is 4.79 Å². The molecular formula is C15H14O4S. The highest BCUT2D eigenvalue weighted by Crippen LogP contribution is 2.17. The zero-order valence-corrected chi connectivity index (χ0v) is 12.0. The first-order valence-corrected chi connectivity index (χ1v) is 7.80. The highest BCUT2D eigenvalue weighted by molar-refractivity contribution is 7.90. The molecule has 0 unspecified atom stereocenters. The Balaban J connectivity index is 2.34. The van der Waals surface area contributed by atoms with E-state index in [2.05, 4.69) is 0 Å². The van der Waals surface area contributed by atoms with E-state index >= 15 is 0 Å². The summed E-state index contributed by atoms with van der Waals surface area (Å²) in [6.45, 7) is 0. The lowest BCUT2D eigenvalue weighted by Crippen LogP contribution is -2.03. The van der Waals surface area contributed by atoms with E-state index in [1.807, 2.05) is 0 Å². The van der Waals surface area contributed by atoms with Crippen molar-refractivity contribution in [2.45, 2.75) is 4.90 Å². The molecule has 2 aromatic carbocycles. The number of methoxy groups -OCH3 is 1. The summed E-state index contributed by atoms with van der Waals surface area (Å²) in [5, 5.41) is 0. The van der Waals surface area contributed by atoms with Gasteiger partial charge in [0.25, 0.3) is 0 Å². The molecule has 0 saturated carbocycles. The van der Waals surface area contributed by atoms with Crippen molar-refractivity contribution in [2.75, 3.05) is 13.4 Å². The van der Waals surface area contributed by atoms with Crippen LogP contribution in [0.2, 0.25) is 0 Å². The Morgan fingerprint density at radius 3 is 2.20 bits per heavy atom. The van der Waals surface area contributed by atoms with Gasteiger partial charge in [-0.25, -0.2) is 8.42 Å². The minimum Gasteiger partial charge on any atom is -0.497 e. The van der Waals surface area contributed by atoms with Crippen LogP contribution in [0.5, 0.6) is 5.75 Å². The summed E-state index contributed by atoms with van der Waals surface area (Å²) >= 11 is 0. The molecule has 0 saturated heterocycles. The van der Waals surface area contributed by atoms with E-state index in [1.165, 1.54) is 31.4 Å². The minimum absolute atomic E-state index is 0.177. The fourth-order valence-electron chi connectivity index (χ4n) is 1.78. The normalized spacial score (nSPS) is 11.1. The lowest BCUT2D eigenvalue weighted by Gasteiger charge is -2.05. The molecule has 0 heterocycles. The Morgan fingerprint density at radius 1 is 1.00 bits per heavy atom. The molecule has 0 aliphatic rings. The summed E-state index contributed by atoms with van der Waals surface area (Å²) in [4.78, 5) is 12.5. The molecule has 0 amide bonds. The third kappa shape index (κ3) is 3.05. The monoisotopic (exact) mass is 290 g/mol. The van der Waals surface area contributed by atoms with E-state index in [-0.39, 0.29) is 10.7 Å². The molecule has 0 aliphatic carbocycles. The van der Waals surface area contributed by atoms with Gasteiger partial charge >= 0.3 is 0 Å². The third-order valence-corrected chi connectivity index (χ3v) is 4.01. The SMILES string of the molecule is COc1cccc(C(=O)c2ccc(S(C)(=O)=O)cc2)c1. The quantitative estimate of drug-likeness (QED) is 0.811. The maximum atomic E-state index is 12.3. The fourth-order valence-corrected chi connectivity index (χ4v) is 2.41. The molecule has 2 rings (SSSR count). The fraction of sp³-hybridized carbons (Fsp3) is 0.133. The number of hydrogen-bond donors (Lipinski definition) is 0. The molecule has 4 nitrogen and oxygen atoms in total. The standard InChI is InChI=1S/C15H14O4S/c1-19-13-5-3-4-12(10-13)15(16)11-6-8-14(9-7-11)20(2,17)18/h3-10H,1-2H3. The second-order valence-electron chi connectivity index (χ2n) is 4.36. The zero-order valence-electron chi connectivity index (χ0n) is 11.2. The lowest BCUT2D eigenvalue weighted by atomic mass is 10.0. The van der Waals surface area contributed by atoms with Crippen molar-refractivity contribution in [1.29, 1.82) is 0 Å². The van der Waals surface area contributed by atoms with Gasteiger partial charge in [-0.1, -0.05) is 12.1 Å². The number of benzene rings is 2. The van der Waals surface area contributed by atoms with Crippen LogP contribution in [-0.2, 0) is 9.84 Å². The summed E-state index contributed by atoms with van der Waals surface area (Å²) in [6, 6.07) is 12.7. The van der Waals surface area contributed by atoms with Gasteiger partial charge in [0.15, 0.2) is 15.6 Å². The number of ether oxygens (including phenoxy) is 1. The summed E-state index contributed by atoms with van der Waals surface area (Å²) in [7, 11) is -1.72. The Labute approximate surface area is 117 Å². The van der Waals surface area contributed by atoms with Crippen molar-refractivity contribution in [3.05, 3.63) is 59.7 Å². The molecule has 0 radical (unpaired) electrons. The van der Waals surface area contributed by atoms with Crippen molar-refractivity contribution >= 4 is 15.6 Å². The Kier molecular flexibility index (Phi) is 3.90. The summed E-state index contributed by atoms with van der Waals surface area (Å²) in [5.74, 6) is 0.424. The topological polar surface area (TPSA) is 60.4 Å². The van der Waals surface area contributed by atoms with Crippen molar-refractivity contribution in [1.82, 2.24) is 0 Å². The molecule has 0 spiro atoms. The van der Waals surface area contributed by atoms with E-state index in [0.717, 1.165) is 6.26 Å². The van der Waals surface area contributed by atoms with Crippen LogP contribution in [0.15, 0.2) is 53.4 Å². The zero-order chi connectivity index (χ0) is 14.8. The van der Waals surface area contributed by atoms with Crippen LogP contribution >= 0.6 is 0 Å². The highest BCUT2D eigenvalue weighted by Gasteiger charge is 2.12. The first-order valence-electron chi connectivity index (χ1n) is 5.90. The van der Waals surface area contributed by atoms with Crippen molar-refractivity contribution in [2.24, 2.45) is 0 Å². The average Bonchev–Trinajstić information content (AvgIpc) is 2.46. The van der Waals surface area contributed by atoms with Crippen molar-refractivity contribution in [3.8, 4) is 5.75 Å². The number of ketones is 1. The Bertz CT molecular complexity index is 731.